The second kappa shape index (κ2) is 15.4. The summed E-state index contributed by atoms with van der Waals surface area (Å²) in [5.74, 6) is 4.60. The molecule has 0 spiro atoms. The summed E-state index contributed by atoms with van der Waals surface area (Å²) in [6, 6.07) is 0. The van der Waals surface area contributed by atoms with E-state index in [1.54, 1.807) is 7.11 Å². The summed E-state index contributed by atoms with van der Waals surface area (Å²) >= 11 is 0. The predicted molar refractivity (Wildman–Crippen MR) is 206 cm³/mol. The van der Waals surface area contributed by atoms with Crippen LogP contribution in [-0.4, -0.2) is 13.7 Å². The number of hydrogen-bond donors (Lipinski definition) is 0. The molecule has 3 unspecified atom stereocenters. The van der Waals surface area contributed by atoms with E-state index in [-0.39, 0.29) is 17.8 Å². The molecule has 2 aliphatic heterocycles. The predicted octanol–water partition coefficient (Wildman–Crippen LogP) is 12.4. The number of allylic oxidation sites excluding steroid dienone is 14. The Bertz CT molecular complexity index is 1800. The lowest BCUT2D eigenvalue weighted by Gasteiger charge is -2.21. The summed E-state index contributed by atoms with van der Waals surface area (Å²) in [6.07, 6.45) is 11.5. The van der Waals surface area contributed by atoms with Crippen molar-refractivity contribution in [2.75, 3.05) is 13.7 Å². The van der Waals surface area contributed by atoms with Crippen LogP contribution < -0.4 is 0 Å². The van der Waals surface area contributed by atoms with Crippen LogP contribution in [0.25, 0.3) is 12.2 Å². The van der Waals surface area contributed by atoms with Gasteiger partial charge in [0.25, 0.3) is 0 Å². The van der Waals surface area contributed by atoms with Gasteiger partial charge in [0.1, 0.15) is 28.8 Å². The van der Waals surface area contributed by atoms with Gasteiger partial charge in [0.15, 0.2) is 0 Å². The van der Waals surface area contributed by atoms with Gasteiger partial charge in [-0.3, -0.25) is 0 Å². The highest BCUT2D eigenvalue weighted by Gasteiger charge is 2.45. The van der Waals surface area contributed by atoms with Gasteiger partial charge in [0.2, 0.25) is 0 Å². The fourth-order valence-corrected chi connectivity index (χ4v) is 7.33. The summed E-state index contributed by atoms with van der Waals surface area (Å²) < 4.78 is 25.3. The van der Waals surface area contributed by atoms with E-state index in [0.29, 0.717) is 18.8 Å². The quantitative estimate of drug-likeness (QED) is 0.234. The number of methoxy groups -OCH3 is 1. The highest BCUT2D eigenvalue weighted by Crippen LogP contribution is 2.55. The molecule has 3 heterocycles. The van der Waals surface area contributed by atoms with Crippen LogP contribution >= 0.6 is 0 Å². The Hall–Kier alpha value is -4.44. The van der Waals surface area contributed by atoms with Crippen molar-refractivity contribution in [1.29, 1.82) is 0 Å². The van der Waals surface area contributed by atoms with Gasteiger partial charge in [-0.2, -0.15) is 0 Å². The largest absolute Gasteiger partial charge is 0.501 e. The second-order valence-electron chi connectivity index (χ2n) is 13.6. The summed E-state index contributed by atoms with van der Waals surface area (Å²) in [4.78, 5) is 0. The van der Waals surface area contributed by atoms with Gasteiger partial charge in [-0.1, -0.05) is 66.3 Å². The molecule has 1 aromatic heterocycles. The first kappa shape index (κ1) is 37.4. The number of furan rings is 1. The maximum Gasteiger partial charge on any atom is 0.131 e. The molecular weight excluding hydrogens is 604 g/mol. The van der Waals surface area contributed by atoms with Crippen LogP contribution in [0.4, 0.5) is 0 Å². The summed E-state index contributed by atoms with van der Waals surface area (Å²) in [7, 11) is 1.66. The third-order valence-electron chi connectivity index (χ3n) is 10.5. The first-order chi connectivity index (χ1) is 23.2. The van der Waals surface area contributed by atoms with Crippen LogP contribution in [-0.2, 0) is 20.6 Å². The molecule has 3 atom stereocenters. The van der Waals surface area contributed by atoms with Crippen LogP contribution in [0.2, 0.25) is 0 Å². The Morgan fingerprint density at radius 3 is 2.22 bits per heavy atom. The second-order valence-corrected chi connectivity index (χ2v) is 13.6. The molecule has 1 aromatic rings. The summed E-state index contributed by atoms with van der Waals surface area (Å²) in [5, 5.41) is 0. The van der Waals surface area contributed by atoms with Crippen molar-refractivity contribution in [2.24, 2.45) is 17.8 Å². The van der Waals surface area contributed by atoms with Crippen LogP contribution in [0.3, 0.4) is 0 Å². The third kappa shape index (κ3) is 7.15. The van der Waals surface area contributed by atoms with Crippen molar-refractivity contribution in [3.63, 3.8) is 0 Å². The Kier molecular flexibility index (Phi) is 11.8. The van der Waals surface area contributed by atoms with E-state index in [1.165, 1.54) is 5.56 Å². The molecule has 0 aromatic carbocycles. The minimum absolute atomic E-state index is 0.0345. The zero-order chi connectivity index (χ0) is 36.3. The molecule has 0 amide bonds. The minimum Gasteiger partial charge on any atom is -0.501 e. The summed E-state index contributed by atoms with van der Waals surface area (Å²) in [5.41, 5.74) is 12.2. The number of fused-ring (bicyclic) bond motifs is 6. The van der Waals surface area contributed by atoms with Crippen molar-refractivity contribution >= 4 is 12.2 Å². The van der Waals surface area contributed by atoms with E-state index in [4.69, 9.17) is 25.2 Å². The Balaban J connectivity index is 2.07. The molecule has 3 aliphatic rings. The van der Waals surface area contributed by atoms with E-state index in [0.717, 1.165) is 109 Å². The van der Waals surface area contributed by atoms with Gasteiger partial charge in [0, 0.05) is 29.4 Å². The molecule has 0 radical (unpaired) electrons. The highest BCUT2D eigenvalue weighted by molar-refractivity contribution is 5.73. The van der Waals surface area contributed by atoms with Crippen LogP contribution in [0.15, 0.2) is 135 Å². The molecular formula is C45H56O4. The lowest BCUT2D eigenvalue weighted by Crippen LogP contribution is -2.13. The number of rotatable bonds is 10. The lowest BCUT2D eigenvalue weighted by molar-refractivity contribution is 0.198. The SMILES string of the molecule is C=CC1=C(\C)C(=C)/C=C2\O/C(=C3\C(=C)/C(=C(C)\C(C)=C\c4oc(c(C)c4CC)\C=C\1C)C(=C)C3C(=C)OC)C(CCC(=C)OCCC)C2C. The van der Waals surface area contributed by atoms with Gasteiger partial charge in [-0.05, 0) is 128 Å². The summed E-state index contributed by atoms with van der Waals surface area (Å²) in [6.45, 7) is 44.3. The Morgan fingerprint density at radius 2 is 1.61 bits per heavy atom. The topological polar surface area (TPSA) is 40.8 Å². The van der Waals surface area contributed by atoms with E-state index in [9.17, 15) is 0 Å². The van der Waals surface area contributed by atoms with Gasteiger partial charge in [0.05, 0.1) is 25.4 Å². The Morgan fingerprint density at radius 1 is 0.939 bits per heavy atom. The van der Waals surface area contributed by atoms with Crippen LogP contribution in [0.1, 0.15) is 90.4 Å². The normalized spacial score (nSPS) is 29.2. The van der Waals surface area contributed by atoms with Crippen molar-refractivity contribution < 1.29 is 18.6 Å². The molecule has 1 saturated heterocycles. The van der Waals surface area contributed by atoms with E-state index < -0.39 is 0 Å². The number of ether oxygens (including phenoxy) is 3. The van der Waals surface area contributed by atoms with Gasteiger partial charge in [-0.15, -0.1) is 0 Å². The molecule has 49 heavy (non-hydrogen) atoms. The van der Waals surface area contributed by atoms with Crippen LogP contribution in [0, 0.1) is 24.7 Å². The molecule has 4 nitrogen and oxygen atoms in total. The Labute approximate surface area is 295 Å². The monoisotopic (exact) mass is 660 g/mol. The maximum atomic E-state index is 6.96. The molecule has 4 heteroatoms. The first-order valence-corrected chi connectivity index (χ1v) is 17.5. The van der Waals surface area contributed by atoms with Crippen molar-refractivity contribution in [3.05, 3.63) is 153 Å². The van der Waals surface area contributed by atoms with Crippen molar-refractivity contribution in [1.82, 2.24) is 0 Å². The fraction of sp³-hybridized carbons (Fsp3) is 0.378. The minimum atomic E-state index is -0.311. The van der Waals surface area contributed by atoms with E-state index in [1.807, 2.05) is 6.08 Å². The van der Waals surface area contributed by atoms with E-state index >= 15 is 0 Å². The van der Waals surface area contributed by atoms with Gasteiger partial charge in [-0.25, -0.2) is 0 Å². The highest BCUT2D eigenvalue weighted by atomic mass is 16.5. The molecule has 6 bridgehead atoms. The maximum absolute atomic E-state index is 6.96. The molecule has 1 saturated carbocycles. The van der Waals surface area contributed by atoms with E-state index in [2.05, 4.69) is 107 Å². The smallest absolute Gasteiger partial charge is 0.131 e. The van der Waals surface area contributed by atoms with Crippen LogP contribution in [0.5, 0.6) is 0 Å². The van der Waals surface area contributed by atoms with Gasteiger partial charge >= 0.3 is 0 Å². The number of hydrogen-bond acceptors (Lipinski definition) is 4. The zero-order valence-corrected chi connectivity index (χ0v) is 31.5. The molecule has 0 N–H and O–H groups in total. The lowest BCUT2D eigenvalue weighted by atomic mass is 9.84. The first-order valence-electron chi connectivity index (χ1n) is 17.5. The standard InChI is InChI=1S/C45H56O4/c1-16-21-47-28(7)19-20-38-32(11)40-22-25(4)29(8)36(17-2)27(6)24-39-31(10)37(18-3)41(48-39)23-26(5)30(9)42-33(12)43(35(14)46-15)44(34(42)13)45(38)49-40/h17,22-24,32,38,43H,2,4,7,12-14,16,18-21H2,1,3,5-6,8-11,15H3/b26-23+,27-24+,36-29-,40-22-,42-30-,45-44+. The van der Waals surface area contributed by atoms with Crippen molar-refractivity contribution in [3.8, 4) is 0 Å². The average Bonchev–Trinajstić information content (AvgIpc) is 3.63. The average molecular weight is 661 g/mol. The fourth-order valence-electron chi connectivity index (χ4n) is 7.33. The van der Waals surface area contributed by atoms with Gasteiger partial charge < -0.3 is 18.6 Å². The third-order valence-corrected chi connectivity index (χ3v) is 10.5. The molecule has 4 rings (SSSR count). The molecule has 2 fully saturated rings. The van der Waals surface area contributed by atoms with Crippen molar-refractivity contribution in [2.45, 2.75) is 81.1 Å². The molecule has 1 aliphatic carbocycles. The molecule has 260 valence electrons. The zero-order valence-electron chi connectivity index (χ0n) is 31.5.